The molecule has 2 fully saturated rings. The molecule has 0 unspecified atom stereocenters. The molecule has 0 spiro atoms. The summed E-state index contributed by atoms with van der Waals surface area (Å²) in [4.78, 5) is 26.7. The largest absolute Gasteiger partial charge is 0.392 e. The van der Waals surface area contributed by atoms with Crippen molar-refractivity contribution in [1.82, 2.24) is 47.0 Å². The van der Waals surface area contributed by atoms with E-state index in [9.17, 15) is 21.6 Å². The number of hydrogen-bond donors (Lipinski definition) is 2. The predicted molar refractivity (Wildman–Crippen MR) is 350 cm³/mol. The fraction of sp³-hybridized carbons (Fsp3) is 0.171. The quantitative estimate of drug-likeness (QED) is 0.111. The topological polar surface area (TPSA) is 179 Å². The summed E-state index contributed by atoms with van der Waals surface area (Å²) in [5, 5.41) is 12.2. The first kappa shape index (κ1) is 60.4. The van der Waals surface area contributed by atoms with Gasteiger partial charge >= 0.3 is 0 Å². The number of carbonyl (C=O) groups excluding carboxylic acids is 1. The highest BCUT2D eigenvalue weighted by molar-refractivity contribution is 7.88. The van der Waals surface area contributed by atoms with Crippen LogP contribution >= 0.6 is 0 Å². The van der Waals surface area contributed by atoms with Crippen molar-refractivity contribution in [2.24, 2.45) is 0 Å². The maximum absolute atomic E-state index is 11.7. The first-order valence-corrected chi connectivity index (χ1v) is 32.7. The molecule has 6 aromatic heterocycles. The van der Waals surface area contributed by atoms with Crippen LogP contribution in [0.4, 0.5) is 0 Å². The Balaban J connectivity index is 0.000000128. The molecule has 2 aliphatic heterocycles. The average molecular weight is 1210 g/mol. The van der Waals surface area contributed by atoms with Gasteiger partial charge in [0.05, 0.1) is 54.8 Å². The van der Waals surface area contributed by atoms with Crippen molar-refractivity contribution < 1.29 is 26.7 Å². The lowest BCUT2D eigenvalue weighted by Crippen LogP contribution is -2.47. The van der Waals surface area contributed by atoms with Crippen LogP contribution < -0.4 is 5.32 Å². The summed E-state index contributed by atoms with van der Waals surface area (Å²) >= 11 is 0. The minimum atomic E-state index is -3.09. The molecule has 16 nitrogen and oxygen atoms in total. The molecule has 446 valence electrons. The van der Waals surface area contributed by atoms with Crippen molar-refractivity contribution in [2.45, 2.75) is 13.2 Å². The van der Waals surface area contributed by atoms with E-state index in [1.54, 1.807) is 4.31 Å². The molecule has 2 N–H and O–H groups in total. The van der Waals surface area contributed by atoms with E-state index in [-0.39, 0.29) is 6.61 Å². The number of rotatable bonds is 12. The van der Waals surface area contributed by atoms with Crippen molar-refractivity contribution >= 4 is 43.3 Å². The Morgan fingerprint density at radius 1 is 0.420 bits per heavy atom. The van der Waals surface area contributed by atoms with E-state index < -0.39 is 20.0 Å². The van der Waals surface area contributed by atoms with Crippen LogP contribution in [0.3, 0.4) is 0 Å². The molecular weight excluding hydrogens is 1140 g/mol. The lowest BCUT2D eigenvalue weighted by Gasteiger charge is -2.33. The SMILES string of the molecule is CS(=O)(=O)N1CCN(Cc2ccc(-c3ccn4c(-c5ccccc5)cnc4c3)cc2)CC1.CS(=O)(=O)N1CCNCC1.O=Cc1ccc(-c2ccn3c(-c4ccccc4)cnc3c2)cc1.OCc1ccc(-c2ccn3c(-c4ccccc4)cnc3c2)cc1. The van der Waals surface area contributed by atoms with Gasteiger partial charge in [-0.15, -0.1) is 0 Å². The summed E-state index contributed by atoms with van der Waals surface area (Å²) in [6.45, 7) is 6.30. The third-order valence-corrected chi connectivity index (χ3v) is 18.2. The first-order chi connectivity index (χ1) is 42.8. The third-order valence-electron chi connectivity index (χ3n) is 15.6. The maximum Gasteiger partial charge on any atom is 0.211 e. The number of piperazine rings is 2. The number of pyridine rings is 3. The van der Waals surface area contributed by atoms with E-state index in [1.165, 1.54) is 22.4 Å². The number of benzene rings is 6. The maximum atomic E-state index is 11.7. The number of sulfonamides is 2. The van der Waals surface area contributed by atoms with E-state index in [2.05, 4.69) is 148 Å². The zero-order valence-electron chi connectivity index (χ0n) is 49.0. The summed E-state index contributed by atoms with van der Waals surface area (Å²) in [6.07, 6.45) is 15.3. The molecule has 0 amide bonds. The lowest BCUT2D eigenvalue weighted by molar-refractivity contribution is 0.112. The first-order valence-electron chi connectivity index (χ1n) is 29.0. The van der Waals surface area contributed by atoms with Gasteiger partial charge in [0.2, 0.25) is 20.0 Å². The molecule has 14 rings (SSSR count). The summed E-state index contributed by atoms with van der Waals surface area (Å²) < 4.78 is 54.5. The highest BCUT2D eigenvalue weighted by atomic mass is 32.2. The standard InChI is InChI=1S/C25H26N4O2S.C20H16N2O.C20H14N2O.C5H12N2O2S/c1-32(30,31)28-15-13-27(14-16-28)19-20-7-9-21(10-8-20)23-11-12-29-24(18-26-25(29)17-23)22-5-3-2-4-6-22;2*23-14-15-6-8-16(9-7-15)18-10-11-22-19(13-21-20(22)12-18)17-4-2-1-3-5-17;1-10(8,9)7-4-2-6-3-5-7/h2-12,17-18H,13-16,19H2,1H3;1-13,23H,14H2;1-14H;6H,2-5H2,1H3. The highest BCUT2D eigenvalue weighted by Crippen LogP contribution is 2.29. The number of nitrogens with one attached hydrogen (secondary N) is 1. The Labute approximate surface area is 513 Å². The minimum absolute atomic E-state index is 0.0695. The van der Waals surface area contributed by atoms with Crippen LogP contribution in [0.2, 0.25) is 0 Å². The molecule has 12 aromatic rings. The Kier molecular flexibility index (Phi) is 19.0. The average Bonchev–Trinajstić information content (AvgIpc) is 4.35. The van der Waals surface area contributed by atoms with Gasteiger partial charge in [0, 0.05) is 99.7 Å². The zero-order chi connectivity index (χ0) is 61.0. The van der Waals surface area contributed by atoms with Crippen LogP contribution in [0.5, 0.6) is 0 Å². The van der Waals surface area contributed by atoms with Crippen molar-refractivity contribution in [3.63, 3.8) is 0 Å². The number of imidazole rings is 3. The number of aliphatic hydroxyl groups is 1. The van der Waals surface area contributed by atoms with E-state index in [0.717, 1.165) is 129 Å². The number of hydrogen-bond acceptors (Lipinski definition) is 11. The second kappa shape index (κ2) is 27.6. The van der Waals surface area contributed by atoms with Crippen LogP contribution in [0.1, 0.15) is 21.5 Å². The lowest BCUT2D eigenvalue weighted by atomic mass is 10.0. The molecule has 6 aromatic carbocycles. The normalized spacial score (nSPS) is 14.1. The second-order valence-corrected chi connectivity index (χ2v) is 25.6. The molecule has 88 heavy (non-hydrogen) atoms. The van der Waals surface area contributed by atoms with E-state index in [1.807, 2.05) is 128 Å². The van der Waals surface area contributed by atoms with E-state index in [0.29, 0.717) is 31.7 Å². The van der Waals surface area contributed by atoms with E-state index in [4.69, 9.17) is 5.11 Å². The van der Waals surface area contributed by atoms with Crippen LogP contribution in [0, 0.1) is 0 Å². The smallest absolute Gasteiger partial charge is 0.211 e. The zero-order valence-corrected chi connectivity index (χ0v) is 50.6. The number of nitrogens with zero attached hydrogens (tertiary/aromatic N) is 9. The fourth-order valence-corrected chi connectivity index (χ4v) is 12.4. The number of fused-ring (bicyclic) bond motifs is 3. The molecule has 0 bridgehead atoms. The Morgan fingerprint density at radius 2 is 0.773 bits per heavy atom. The highest BCUT2D eigenvalue weighted by Gasteiger charge is 2.23. The Bertz CT molecular complexity index is 4510. The Hall–Kier alpha value is -9.24. The number of aliphatic hydroxyl groups excluding tert-OH is 1. The number of aromatic nitrogens is 6. The van der Waals surface area contributed by atoms with Gasteiger partial charge in [-0.3, -0.25) is 22.9 Å². The predicted octanol–water partition coefficient (Wildman–Crippen LogP) is 11.2. The molecule has 0 radical (unpaired) electrons. The van der Waals surface area contributed by atoms with E-state index >= 15 is 0 Å². The van der Waals surface area contributed by atoms with Gasteiger partial charge in [0.25, 0.3) is 0 Å². The molecule has 0 saturated carbocycles. The van der Waals surface area contributed by atoms with Crippen molar-refractivity contribution in [1.29, 1.82) is 0 Å². The van der Waals surface area contributed by atoms with Crippen LogP contribution in [0.25, 0.3) is 84.1 Å². The van der Waals surface area contributed by atoms with Gasteiger partial charge in [0.15, 0.2) is 0 Å². The summed E-state index contributed by atoms with van der Waals surface area (Å²) in [5.74, 6) is 0. The fourth-order valence-electron chi connectivity index (χ4n) is 10.8. The van der Waals surface area contributed by atoms with Gasteiger partial charge in [-0.1, -0.05) is 164 Å². The van der Waals surface area contributed by atoms with Gasteiger partial charge in [-0.05, 0) is 80.9 Å². The minimum Gasteiger partial charge on any atom is -0.392 e. The molecule has 0 atom stereocenters. The van der Waals surface area contributed by atoms with Gasteiger partial charge in [-0.25, -0.2) is 31.8 Å². The summed E-state index contributed by atoms with van der Waals surface area (Å²) in [7, 11) is -6.02. The van der Waals surface area contributed by atoms with Crippen LogP contribution in [-0.4, -0.2) is 135 Å². The Morgan fingerprint density at radius 3 is 1.11 bits per heavy atom. The third kappa shape index (κ3) is 14.8. The number of aldehydes is 1. The van der Waals surface area contributed by atoms with Crippen molar-refractivity contribution in [3.05, 3.63) is 254 Å². The van der Waals surface area contributed by atoms with Crippen LogP contribution in [-0.2, 0) is 33.2 Å². The molecule has 2 aliphatic rings. The second-order valence-electron chi connectivity index (χ2n) is 21.6. The molecule has 0 aliphatic carbocycles. The summed E-state index contributed by atoms with van der Waals surface area (Å²) in [6, 6.07) is 67.4. The van der Waals surface area contributed by atoms with Gasteiger partial charge in [0.1, 0.15) is 23.2 Å². The van der Waals surface area contributed by atoms with Gasteiger partial charge in [-0.2, -0.15) is 8.61 Å². The van der Waals surface area contributed by atoms with Crippen LogP contribution in [0.15, 0.2) is 237 Å². The monoisotopic (exact) mass is 1210 g/mol. The molecular formula is C70H68N10O6S2. The molecule has 2 saturated heterocycles. The molecule has 8 heterocycles. The van der Waals surface area contributed by atoms with Gasteiger partial charge < -0.3 is 10.4 Å². The van der Waals surface area contributed by atoms with Crippen molar-refractivity contribution in [2.75, 3.05) is 64.9 Å². The summed E-state index contributed by atoms with van der Waals surface area (Å²) in [5.41, 5.74) is 18.9. The van der Waals surface area contributed by atoms with Crippen molar-refractivity contribution in [3.8, 4) is 67.2 Å². The number of carbonyl (C=O) groups is 1. The molecule has 18 heteroatoms.